The normalized spacial score (nSPS) is 29.4. The van der Waals surface area contributed by atoms with Gasteiger partial charge in [-0.25, -0.2) is 0 Å². The van der Waals surface area contributed by atoms with Crippen molar-refractivity contribution >= 4 is 69.6 Å². The first kappa shape index (κ1) is 64.7. The van der Waals surface area contributed by atoms with E-state index in [1.807, 2.05) is 121 Å². The van der Waals surface area contributed by atoms with Gasteiger partial charge in [-0.05, 0) is 99.6 Å². The van der Waals surface area contributed by atoms with E-state index >= 15 is 0 Å². The van der Waals surface area contributed by atoms with E-state index in [2.05, 4.69) is 32.1 Å². The van der Waals surface area contributed by atoms with Crippen LogP contribution in [0.4, 0.5) is 0 Å². The molecular formula is C67H70N4O17S4. The van der Waals surface area contributed by atoms with Crippen molar-refractivity contribution in [2.45, 2.75) is 112 Å². The topological polar surface area (TPSA) is 352 Å². The molecular weight excluding hydrogens is 1260 g/mol. The zero-order valence-electron chi connectivity index (χ0n) is 49.1. The quantitative estimate of drug-likeness (QED) is 0.0595. The second kappa shape index (κ2) is 28.2. The Morgan fingerprint density at radius 1 is 0.304 bits per heavy atom. The number of aromatic nitrogens is 4. The second-order valence-electron chi connectivity index (χ2n) is 23.4. The number of ether oxygens (including phenoxy) is 4. The predicted molar refractivity (Wildman–Crippen MR) is 347 cm³/mol. The number of hydrogen-bond acceptors (Lipinski definition) is 21. The van der Waals surface area contributed by atoms with Crippen LogP contribution in [0.3, 0.4) is 0 Å². The Labute approximate surface area is 544 Å². The Morgan fingerprint density at radius 2 is 0.565 bits per heavy atom. The van der Waals surface area contributed by atoms with Crippen molar-refractivity contribution in [3.63, 3.8) is 0 Å². The summed E-state index contributed by atoms with van der Waals surface area (Å²) in [5.41, 5.74) is 9.51. The maximum atomic E-state index is 10.7. The molecule has 25 heteroatoms. The molecule has 8 aromatic rings. The number of rotatable bonds is 16. The first-order chi connectivity index (χ1) is 44.5. The average molecular weight is 1330 g/mol. The van der Waals surface area contributed by atoms with Gasteiger partial charge in [0.1, 0.15) is 95.3 Å². The lowest BCUT2D eigenvalue weighted by Gasteiger charge is -2.34. The third-order valence-electron chi connectivity index (χ3n) is 17.1. The first-order valence-electron chi connectivity index (χ1n) is 30.0. The standard InChI is InChI=1S/C67H70N4O17S4/c72-48-25-84-64(60(80)56(48)76)89-29-32-1-7-35(8-2-32)52-40-17-19-42(68-40)53(36-9-3-33(4-10-36)30-90-65-61(81)57(77)49(73)26-85-65)44-21-23-46(70-44)55(38-13-15-39(16-14-38)88-92-67-63(83)59(79)51(75)28-87-67)47-24-22-45(71-47)54(43-20-18-41(52)69-43)37-11-5-34(6-12-37)31-91-66-62(82)58(78)50(74)27-86-66/h1-24,48-51,56-83H,25-31H2. The van der Waals surface area contributed by atoms with Gasteiger partial charge in [0, 0.05) is 83.7 Å². The zero-order valence-corrected chi connectivity index (χ0v) is 52.4. The summed E-state index contributed by atoms with van der Waals surface area (Å²) in [7, 11) is 0. The van der Waals surface area contributed by atoms with Crippen LogP contribution in [0.2, 0.25) is 0 Å². The maximum absolute atomic E-state index is 10.7. The molecule has 16 unspecified atom stereocenters. The highest BCUT2D eigenvalue weighted by atomic mass is 32.2. The molecule has 4 aromatic carbocycles. The van der Waals surface area contributed by atoms with Crippen molar-refractivity contribution in [2.75, 3.05) is 26.4 Å². The van der Waals surface area contributed by atoms with Crippen LogP contribution in [0.25, 0.3) is 22.3 Å². The molecule has 9 heterocycles. The van der Waals surface area contributed by atoms with Crippen molar-refractivity contribution in [3.8, 4) is 5.75 Å². The molecule has 0 spiro atoms. The second-order valence-corrected chi connectivity index (χ2v) is 27.5. The lowest BCUT2D eigenvalue weighted by Crippen LogP contribution is -2.51. The molecule has 4 saturated heterocycles. The van der Waals surface area contributed by atoms with Crippen molar-refractivity contribution in [1.82, 2.24) is 19.9 Å². The fourth-order valence-corrected chi connectivity index (χ4v) is 15.8. The molecule has 4 fully saturated rings. The van der Waals surface area contributed by atoms with Crippen LogP contribution in [0, 0.1) is 0 Å². The molecule has 4 aromatic heterocycles. The Hall–Kier alpha value is -5.96. The van der Waals surface area contributed by atoms with Crippen LogP contribution in [0.1, 0.15) is 61.7 Å². The van der Waals surface area contributed by atoms with Crippen molar-refractivity contribution in [2.24, 2.45) is 0 Å². The molecule has 0 aliphatic carbocycles. The summed E-state index contributed by atoms with van der Waals surface area (Å²) in [6.07, 6.45) is -15.3. The Balaban J connectivity index is 0.926. The lowest BCUT2D eigenvalue weighted by atomic mass is 10.0. The minimum Gasteiger partial charge on any atom is -0.423 e. The Morgan fingerprint density at radius 3 is 0.859 bits per heavy atom. The highest BCUT2D eigenvalue weighted by Gasteiger charge is 2.41. The van der Waals surface area contributed by atoms with E-state index in [9.17, 15) is 61.3 Å². The molecule has 0 amide bonds. The number of benzene rings is 4. The van der Waals surface area contributed by atoms with Crippen molar-refractivity contribution < 1.29 is 84.4 Å². The van der Waals surface area contributed by atoms with Gasteiger partial charge in [0.2, 0.25) is 0 Å². The van der Waals surface area contributed by atoms with Crippen LogP contribution in [-0.4, -0.2) is 203 Å². The Kier molecular flexibility index (Phi) is 19.8. The number of thioether (sulfide) groups is 3. The molecule has 21 nitrogen and oxygen atoms in total. The summed E-state index contributed by atoms with van der Waals surface area (Å²) < 4.78 is 28.7. The van der Waals surface area contributed by atoms with Crippen LogP contribution >= 0.6 is 47.3 Å². The molecule has 484 valence electrons. The molecule has 92 heavy (non-hydrogen) atoms. The molecule has 13 rings (SSSR count). The number of hydrogen-bond donors (Lipinski definition) is 16. The highest BCUT2D eigenvalue weighted by molar-refractivity contribution is 7.99. The zero-order chi connectivity index (χ0) is 63.9. The van der Waals surface area contributed by atoms with Crippen LogP contribution in [0.15, 0.2) is 146 Å². The van der Waals surface area contributed by atoms with Gasteiger partial charge in [0.15, 0.2) is 5.44 Å². The van der Waals surface area contributed by atoms with Gasteiger partial charge in [-0.2, -0.15) is 0 Å². The predicted octanol–water partition coefficient (Wildman–Crippen LogP) is 0.784. The summed E-state index contributed by atoms with van der Waals surface area (Å²) in [5.74, 6) is 1.80. The summed E-state index contributed by atoms with van der Waals surface area (Å²) in [6, 6.07) is 48.1. The summed E-state index contributed by atoms with van der Waals surface area (Å²) in [4.78, 5) is 15.3. The molecule has 16 N–H and O–H groups in total. The molecule has 0 radical (unpaired) electrons. The van der Waals surface area contributed by atoms with E-state index in [1.54, 1.807) is 12.1 Å². The smallest absolute Gasteiger partial charge is 0.169 e. The van der Waals surface area contributed by atoms with E-state index in [4.69, 9.17) is 23.1 Å². The molecule has 5 aliphatic heterocycles. The summed E-state index contributed by atoms with van der Waals surface area (Å²) >= 11 is 4.84. The highest BCUT2D eigenvalue weighted by Crippen LogP contribution is 2.35. The first-order valence-corrected chi connectivity index (χ1v) is 33.9. The summed E-state index contributed by atoms with van der Waals surface area (Å²) in [6.45, 7) is -0.438. The third-order valence-corrected chi connectivity index (χ3v) is 21.7. The van der Waals surface area contributed by atoms with E-state index < -0.39 is 95.0 Å². The summed E-state index contributed by atoms with van der Waals surface area (Å²) in [5, 5.41) is 128. The van der Waals surface area contributed by atoms with Crippen LogP contribution in [-0.2, 0) is 36.2 Å². The lowest BCUT2D eigenvalue weighted by molar-refractivity contribution is -0.162. The van der Waals surface area contributed by atoms with Gasteiger partial charge in [-0.3, -0.25) is 0 Å². The van der Waals surface area contributed by atoms with Gasteiger partial charge in [-0.15, -0.1) is 35.3 Å². The molecule has 8 bridgehead atoms. The minimum atomic E-state index is -1.40. The van der Waals surface area contributed by atoms with Gasteiger partial charge < -0.3 is 104 Å². The number of nitrogens with one attached hydrogen (secondary N) is 4. The number of aliphatic hydroxyl groups excluding tert-OH is 12. The molecule has 5 aliphatic rings. The number of aromatic amines is 4. The van der Waals surface area contributed by atoms with E-state index in [0.29, 0.717) is 23.0 Å². The van der Waals surface area contributed by atoms with Gasteiger partial charge in [-0.1, -0.05) is 84.9 Å². The SMILES string of the molecule is OC1COC(SCc2ccc(C3=c4ccc([nH]4)=C(c4ccc(CSC5OCC(O)C(O)C5O)cc4)c4ccc([nH]4)C(c4ccc(OSC5OCC(O)C(O)C5O)cc4)=c4ccc([nH]4)=C(c4ccc(CSC5OCC(O)C(O)C5O)cc4)c4ccc3[nH]4)cc2)C(O)C1O. The molecule has 16 atom stereocenters. The fraction of sp³-hybridized carbons (Fsp3) is 0.343. The largest absolute Gasteiger partial charge is 0.423 e. The number of H-pyrrole nitrogens is 4. The van der Waals surface area contributed by atoms with Crippen molar-refractivity contribution in [3.05, 3.63) is 229 Å². The van der Waals surface area contributed by atoms with Gasteiger partial charge in [0.25, 0.3) is 0 Å². The van der Waals surface area contributed by atoms with E-state index in [1.165, 1.54) is 35.3 Å². The van der Waals surface area contributed by atoms with Gasteiger partial charge >= 0.3 is 0 Å². The van der Waals surface area contributed by atoms with E-state index in [-0.39, 0.29) is 26.4 Å². The third kappa shape index (κ3) is 13.7. The van der Waals surface area contributed by atoms with E-state index in [0.717, 1.165) is 117 Å². The van der Waals surface area contributed by atoms with Gasteiger partial charge in [0.05, 0.1) is 38.5 Å². The number of aliphatic hydroxyl groups is 12. The van der Waals surface area contributed by atoms with Crippen molar-refractivity contribution in [1.29, 1.82) is 0 Å². The average Bonchev–Trinajstić information content (AvgIpc) is 1.62. The van der Waals surface area contributed by atoms with Crippen LogP contribution in [0.5, 0.6) is 5.75 Å². The maximum Gasteiger partial charge on any atom is 0.169 e. The fourth-order valence-electron chi connectivity index (χ4n) is 11.8. The monoisotopic (exact) mass is 1330 g/mol. The van der Waals surface area contributed by atoms with Crippen LogP contribution < -0.4 is 25.6 Å². The minimum absolute atomic E-state index is 0.0896. The Bertz CT molecular complexity index is 3590. The number of fused-ring (bicyclic) bond motifs is 8. The molecule has 0 saturated carbocycles.